The van der Waals surface area contributed by atoms with E-state index in [1.807, 2.05) is 0 Å². The standard InChI is InChI=1S/C17H11ClFNO2/c1-22-17(21)10-5-6-15-13(9-10)11(7-8-20-15)12-3-2-4-14(18)16(12)19/h2-9H,1H3. The highest BCUT2D eigenvalue weighted by Gasteiger charge is 2.14. The maximum Gasteiger partial charge on any atom is 0.337 e. The summed E-state index contributed by atoms with van der Waals surface area (Å²) in [4.78, 5) is 15.9. The van der Waals surface area contributed by atoms with E-state index in [1.165, 1.54) is 13.2 Å². The van der Waals surface area contributed by atoms with E-state index in [1.54, 1.807) is 42.6 Å². The van der Waals surface area contributed by atoms with E-state index in [4.69, 9.17) is 16.3 Å². The average molecular weight is 316 g/mol. The minimum Gasteiger partial charge on any atom is -0.465 e. The first-order chi connectivity index (χ1) is 10.6. The van der Waals surface area contributed by atoms with Gasteiger partial charge in [-0.1, -0.05) is 23.7 Å². The van der Waals surface area contributed by atoms with Crippen molar-refractivity contribution in [3.05, 3.63) is 65.1 Å². The van der Waals surface area contributed by atoms with Crippen LogP contribution in [0.5, 0.6) is 0 Å². The van der Waals surface area contributed by atoms with Gasteiger partial charge >= 0.3 is 5.97 Å². The van der Waals surface area contributed by atoms with Gasteiger partial charge in [0.05, 0.1) is 23.2 Å². The molecule has 0 aliphatic carbocycles. The van der Waals surface area contributed by atoms with Crippen molar-refractivity contribution in [2.24, 2.45) is 0 Å². The molecular weight excluding hydrogens is 305 g/mol. The van der Waals surface area contributed by atoms with Crippen LogP contribution in [0.1, 0.15) is 10.4 Å². The second-order valence-electron chi connectivity index (χ2n) is 4.68. The van der Waals surface area contributed by atoms with Crippen LogP contribution in [0, 0.1) is 5.82 Å². The highest BCUT2D eigenvalue weighted by atomic mass is 35.5. The molecule has 0 aliphatic heterocycles. The number of carbonyl (C=O) groups excluding carboxylic acids is 1. The third kappa shape index (κ3) is 2.42. The zero-order valence-electron chi connectivity index (χ0n) is 11.6. The van der Waals surface area contributed by atoms with Crippen molar-refractivity contribution >= 4 is 28.5 Å². The number of hydrogen-bond donors (Lipinski definition) is 0. The van der Waals surface area contributed by atoms with Gasteiger partial charge in [0.1, 0.15) is 5.82 Å². The number of rotatable bonds is 2. The monoisotopic (exact) mass is 315 g/mol. The molecule has 110 valence electrons. The predicted octanol–water partition coefficient (Wildman–Crippen LogP) is 4.48. The van der Waals surface area contributed by atoms with Gasteiger partial charge in [0.15, 0.2) is 0 Å². The lowest BCUT2D eigenvalue weighted by atomic mass is 9.99. The molecule has 22 heavy (non-hydrogen) atoms. The molecule has 3 rings (SSSR count). The van der Waals surface area contributed by atoms with E-state index in [-0.39, 0.29) is 5.02 Å². The van der Waals surface area contributed by atoms with Gasteiger partial charge in [0, 0.05) is 17.1 Å². The maximum atomic E-state index is 14.3. The van der Waals surface area contributed by atoms with E-state index in [2.05, 4.69) is 4.98 Å². The fourth-order valence-corrected chi connectivity index (χ4v) is 2.51. The number of halogens is 2. The van der Waals surface area contributed by atoms with Crippen molar-refractivity contribution in [1.29, 1.82) is 0 Å². The molecule has 0 unspecified atom stereocenters. The van der Waals surface area contributed by atoms with Crippen molar-refractivity contribution in [2.75, 3.05) is 7.11 Å². The average Bonchev–Trinajstić information content (AvgIpc) is 2.55. The SMILES string of the molecule is COC(=O)c1ccc2nccc(-c3cccc(Cl)c3F)c2c1. The number of aromatic nitrogens is 1. The molecule has 0 atom stereocenters. The van der Waals surface area contributed by atoms with Crippen LogP contribution >= 0.6 is 11.6 Å². The third-order valence-corrected chi connectivity index (χ3v) is 3.70. The summed E-state index contributed by atoms with van der Waals surface area (Å²) in [7, 11) is 1.31. The Balaban J connectivity index is 2.29. The minimum atomic E-state index is -0.500. The predicted molar refractivity (Wildman–Crippen MR) is 83.5 cm³/mol. The summed E-state index contributed by atoms with van der Waals surface area (Å²) < 4.78 is 19.0. The number of ether oxygens (including phenoxy) is 1. The molecule has 0 radical (unpaired) electrons. The summed E-state index contributed by atoms with van der Waals surface area (Å²) in [5.41, 5.74) is 2.02. The molecule has 3 aromatic rings. The van der Waals surface area contributed by atoms with Gasteiger partial charge in [-0.25, -0.2) is 9.18 Å². The van der Waals surface area contributed by atoms with Gasteiger partial charge in [0.25, 0.3) is 0 Å². The highest BCUT2D eigenvalue weighted by Crippen LogP contribution is 2.32. The second-order valence-corrected chi connectivity index (χ2v) is 5.09. The summed E-state index contributed by atoms with van der Waals surface area (Å²) in [6, 6.07) is 11.5. The van der Waals surface area contributed by atoms with Crippen molar-refractivity contribution in [3.8, 4) is 11.1 Å². The van der Waals surface area contributed by atoms with Gasteiger partial charge in [-0.05, 0) is 35.9 Å². The molecule has 0 saturated carbocycles. The van der Waals surface area contributed by atoms with Crippen molar-refractivity contribution < 1.29 is 13.9 Å². The fraction of sp³-hybridized carbons (Fsp3) is 0.0588. The van der Waals surface area contributed by atoms with Crippen LogP contribution in [0.15, 0.2) is 48.7 Å². The topological polar surface area (TPSA) is 39.2 Å². The van der Waals surface area contributed by atoms with Gasteiger partial charge in [0.2, 0.25) is 0 Å². The van der Waals surface area contributed by atoms with Crippen LogP contribution in [0.2, 0.25) is 5.02 Å². The smallest absolute Gasteiger partial charge is 0.337 e. The van der Waals surface area contributed by atoms with Crippen LogP contribution in [0.4, 0.5) is 4.39 Å². The number of fused-ring (bicyclic) bond motifs is 1. The largest absolute Gasteiger partial charge is 0.465 e. The van der Waals surface area contributed by atoms with Crippen LogP contribution in [0.25, 0.3) is 22.0 Å². The van der Waals surface area contributed by atoms with Crippen LogP contribution in [-0.4, -0.2) is 18.1 Å². The van der Waals surface area contributed by atoms with Crippen molar-refractivity contribution in [3.63, 3.8) is 0 Å². The Morgan fingerprint density at radius 1 is 1.18 bits per heavy atom. The van der Waals surface area contributed by atoms with Gasteiger partial charge in [-0.3, -0.25) is 4.98 Å². The van der Waals surface area contributed by atoms with Gasteiger partial charge in [-0.15, -0.1) is 0 Å². The lowest BCUT2D eigenvalue weighted by Crippen LogP contribution is -2.01. The molecule has 1 heterocycles. The molecule has 0 bridgehead atoms. The first kappa shape index (κ1) is 14.5. The fourth-order valence-electron chi connectivity index (χ4n) is 2.34. The Bertz CT molecular complexity index is 880. The molecule has 1 aromatic heterocycles. The number of esters is 1. The summed E-state index contributed by atoms with van der Waals surface area (Å²) in [5.74, 6) is -0.955. The summed E-state index contributed by atoms with van der Waals surface area (Å²) >= 11 is 5.85. The van der Waals surface area contributed by atoms with Crippen LogP contribution < -0.4 is 0 Å². The van der Waals surface area contributed by atoms with Gasteiger partial charge < -0.3 is 4.74 Å². The number of pyridine rings is 1. The van der Waals surface area contributed by atoms with E-state index in [0.29, 0.717) is 27.6 Å². The quantitative estimate of drug-likeness (QED) is 0.654. The normalized spacial score (nSPS) is 10.7. The Morgan fingerprint density at radius 3 is 2.77 bits per heavy atom. The molecule has 0 saturated heterocycles. The van der Waals surface area contributed by atoms with Gasteiger partial charge in [-0.2, -0.15) is 0 Å². The second kappa shape index (κ2) is 5.73. The highest BCUT2D eigenvalue weighted by molar-refractivity contribution is 6.31. The Labute approximate surface area is 131 Å². The zero-order chi connectivity index (χ0) is 15.7. The molecular formula is C17H11ClFNO2. The van der Waals surface area contributed by atoms with Crippen molar-refractivity contribution in [2.45, 2.75) is 0 Å². The first-order valence-electron chi connectivity index (χ1n) is 6.53. The van der Waals surface area contributed by atoms with Crippen LogP contribution in [-0.2, 0) is 4.74 Å². The zero-order valence-corrected chi connectivity index (χ0v) is 12.4. The van der Waals surface area contributed by atoms with E-state index >= 15 is 0 Å². The Morgan fingerprint density at radius 2 is 2.00 bits per heavy atom. The summed E-state index contributed by atoms with van der Waals surface area (Å²) in [6.45, 7) is 0. The van der Waals surface area contributed by atoms with Crippen molar-refractivity contribution in [1.82, 2.24) is 4.98 Å². The Hall–Kier alpha value is -2.46. The molecule has 0 amide bonds. The van der Waals surface area contributed by atoms with E-state index < -0.39 is 11.8 Å². The minimum absolute atomic E-state index is 0.0478. The molecule has 5 heteroatoms. The summed E-state index contributed by atoms with van der Waals surface area (Å²) in [6.07, 6.45) is 1.59. The molecule has 0 spiro atoms. The summed E-state index contributed by atoms with van der Waals surface area (Å²) in [5, 5.41) is 0.707. The maximum absolute atomic E-state index is 14.3. The number of nitrogens with zero attached hydrogens (tertiary/aromatic N) is 1. The molecule has 0 aliphatic rings. The molecule has 2 aromatic carbocycles. The molecule has 0 fully saturated rings. The molecule has 3 nitrogen and oxygen atoms in total. The molecule has 0 N–H and O–H groups in total. The third-order valence-electron chi connectivity index (χ3n) is 3.40. The van der Waals surface area contributed by atoms with E-state index in [9.17, 15) is 9.18 Å². The number of carbonyl (C=O) groups is 1. The number of methoxy groups -OCH3 is 1. The Kier molecular flexibility index (Phi) is 3.77. The van der Waals surface area contributed by atoms with E-state index in [0.717, 1.165) is 0 Å². The van der Waals surface area contributed by atoms with Crippen LogP contribution in [0.3, 0.4) is 0 Å². The lowest BCUT2D eigenvalue weighted by molar-refractivity contribution is 0.0601. The first-order valence-corrected chi connectivity index (χ1v) is 6.91. The lowest BCUT2D eigenvalue weighted by Gasteiger charge is -2.09. The number of benzene rings is 2. The number of hydrogen-bond acceptors (Lipinski definition) is 3.